The Labute approximate surface area is 153 Å². The third-order valence-electron chi connectivity index (χ3n) is 4.20. The van der Waals surface area contributed by atoms with Crippen LogP contribution in [0.3, 0.4) is 0 Å². The third-order valence-corrected chi connectivity index (χ3v) is 5.64. The maximum atomic E-state index is 12.6. The van der Waals surface area contributed by atoms with Gasteiger partial charge in [0.25, 0.3) is 0 Å². The third kappa shape index (κ3) is 4.05. The van der Waals surface area contributed by atoms with Gasteiger partial charge in [0.1, 0.15) is 28.0 Å². The molecule has 3 rings (SSSR count). The molecule has 0 saturated carbocycles. The summed E-state index contributed by atoms with van der Waals surface area (Å²) in [6.45, 7) is 1.93. The lowest BCUT2D eigenvalue weighted by Crippen LogP contribution is -2.26. The van der Waals surface area contributed by atoms with Crippen LogP contribution in [0.25, 0.3) is 0 Å². The van der Waals surface area contributed by atoms with E-state index in [1.807, 2.05) is 6.07 Å². The van der Waals surface area contributed by atoms with Crippen molar-refractivity contribution in [2.45, 2.75) is 24.3 Å². The molecule has 9 heteroatoms. The highest BCUT2D eigenvalue weighted by molar-refractivity contribution is 7.89. The predicted molar refractivity (Wildman–Crippen MR) is 97.1 cm³/mol. The van der Waals surface area contributed by atoms with E-state index < -0.39 is 10.0 Å². The molecule has 2 heterocycles. The van der Waals surface area contributed by atoms with Gasteiger partial charge in [0.05, 0.1) is 20.8 Å². The maximum absolute atomic E-state index is 12.6. The summed E-state index contributed by atoms with van der Waals surface area (Å²) in [6, 6.07) is 6.39. The van der Waals surface area contributed by atoms with Crippen LogP contribution < -0.4 is 19.1 Å². The first-order valence-corrected chi connectivity index (χ1v) is 9.80. The lowest BCUT2D eigenvalue weighted by atomic mass is 10.3. The predicted octanol–water partition coefficient (Wildman–Crippen LogP) is 1.57. The summed E-state index contributed by atoms with van der Waals surface area (Å²) in [6.07, 6.45) is 3.94. The van der Waals surface area contributed by atoms with Crippen molar-refractivity contribution in [3.8, 4) is 11.5 Å². The molecule has 2 aromatic rings. The number of aromatic nitrogens is 2. The van der Waals surface area contributed by atoms with Crippen LogP contribution in [0.15, 0.2) is 35.4 Å². The smallest absolute Gasteiger partial charge is 0.244 e. The molecule has 0 radical (unpaired) electrons. The first-order chi connectivity index (χ1) is 12.5. The second-order valence-electron chi connectivity index (χ2n) is 5.87. The van der Waals surface area contributed by atoms with Gasteiger partial charge in [-0.15, -0.1) is 0 Å². The average molecular weight is 378 g/mol. The number of anilines is 1. The molecule has 1 aromatic carbocycles. The molecule has 0 aliphatic carbocycles. The quantitative estimate of drug-likeness (QED) is 0.782. The minimum absolute atomic E-state index is 0.000797. The monoisotopic (exact) mass is 378 g/mol. The summed E-state index contributed by atoms with van der Waals surface area (Å²) in [5.41, 5.74) is 0. The van der Waals surface area contributed by atoms with E-state index in [4.69, 9.17) is 9.47 Å². The van der Waals surface area contributed by atoms with Gasteiger partial charge >= 0.3 is 0 Å². The number of methoxy groups -OCH3 is 2. The summed E-state index contributed by atoms with van der Waals surface area (Å²) in [7, 11) is -0.863. The highest BCUT2D eigenvalue weighted by atomic mass is 32.2. The van der Waals surface area contributed by atoms with Crippen molar-refractivity contribution in [2.75, 3.05) is 32.2 Å². The van der Waals surface area contributed by atoms with E-state index in [0.717, 1.165) is 31.7 Å². The fourth-order valence-corrected chi connectivity index (χ4v) is 3.96. The fourth-order valence-electron chi connectivity index (χ4n) is 2.83. The summed E-state index contributed by atoms with van der Waals surface area (Å²) in [5, 5.41) is 0. The lowest BCUT2D eigenvalue weighted by Gasteiger charge is -2.16. The van der Waals surface area contributed by atoms with E-state index in [1.165, 1.54) is 26.4 Å². The molecule has 26 heavy (non-hydrogen) atoms. The summed E-state index contributed by atoms with van der Waals surface area (Å²) >= 11 is 0. The van der Waals surface area contributed by atoms with E-state index in [0.29, 0.717) is 11.6 Å². The Balaban J connectivity index is 1.75. The van der Waals surface area contributed by atoms with Crippen LogP contribution in [0.2, 0.25) is 0 Å². The standard InChI is InChI=1S/C17H22N4O4S/c1-24-13-5-6-15(14(11-13)25-2)26(22,23)19-12-16-18-8-7-17(20-16)21-9-3-4-10-21/h5-8,11,19H,3-4,9-10,12H2,1-2H3. The van der Waals surface area contributed by atoms with Gasteiger partial charge in [0.2, 0.25) is 10.0 Å². The van der Waals surface area contributed by atoms with Crippen LogP contribution in [0.1, 0.15) is 18.7 Å². The molecule has 0 atom stereocenters. The molecule has 1 fully saturated rings. The Morgan fingerprint density at radius 2 is 1.92 bits per heavy atom. The van der Waals surface area contributed by atoms with Crippen molar-refractivity contribution < 1.29 is 17.9 Å². The molecule has 0 amide bonds. The Morgan fingerprint density at radius 3 is 2.62 bits per heavy atom. The molecule has 1 aromatic heterocycles. The minimum Gasteiger partial charge on any atom is -0.497 e. The maximum Gasteiger partial charge on any atom is 0.244 e. The number of ether oxygens (including phenoxy) is 2. The number of benzene rings is 1. The van der Waals surface area contributed by atoms with E-state index in [1.54, 1.807) is 12.3 Å². The van der Waals surface area contributed by atoms with Crippen molar-refractivity contribution in [1.82, 2.24) is 14.7 Å². The van der Waals surface area contributed by atoms with Crippen molar-refractivity contribution in [2.24, 2.45) is 0 Å². The highest BCUT2D eigenvalue weighted by Gasteiger charge is 2.21. The van der Waals surface area contributed by atoms with Crippen LogP contribution in [-0.4, -0.2) is 45.7 Å². The fraction of sp³-hybridized carbons (Fsp3) is 0.412. The second kappa shape index (κ2) is 7.88. The number of nitrogens with one attached hydrogen (secondary N) is 1. The zero-order valence-corrected chi connectivity index (χ0v) is 15.6. The molecule has 1 N–H and O–H groups in total. The first-order valence-electron chi connectivity index (χ1n) is 8.32. The Bertz CT molecular complexity index is 867. The molecule has 0 unspecified atom stereocenters. The van der Waals surface area contributed by atoms with Gasteiger partial charge in [-0.3, -0.25) is 0 Å². The Hall–Kier alpha value is -2.39. The van der Waals surface area contributed by atoms with Gasteiger partial charge in [-0.1, -0.05) is 0 Å². The zero-order valence-electron chi connectivity index (χ0n) is 14.8. The van der Waals surface area contributed by atoms with E-state index in [9.17, 15) is 8.42 Å². The van der Waals surface area contributed by atoms with E-state index in [2.05, 4.69) is 19.6 Å². The van der Waals surface area contributed by atoms with Gasteiger partial charge in [-0.05, 0) is 31.0 Å². The van der Waals surface area contributed by atoms with Crippen LogP contribution in [0, 0.1) is 0 Å². The molecule has 0 spiro atoms. The number of hydrogen-bond acceptors (Lipinski definition) is 7. The van der Waals surface area contributed by atoms with Gasteiger partial charge < -0.3 is 14.4 Å². The van der Waals surface area contributed by atoms with Gasteiger partial charge in [0, 0.05) is 25.4 Å². The van der Waals surface area contributed by atoms with Gasteiger partial charge in [-0.2, -0.15) is 0 Å². The normalized spacial score (nSPS) is 14.5. The summed E-state index contributed by atoms with van der Waals surface area (Å²) in [4.78, 5) is 10.8. The molecule has 8 nitrogen and oxygen atoms in total. The van der Waals surface area contributed by atoms with Crippen molar-refractivity contribution in [3.63, 3.8) is 0 Å². The Morgan fingerprint density at radius 1 is 1.15 bits per heavy atom. The van der Waals surface area contributed by atoms with Crippen LogP contribution in [0.5, 0.6) is 11.5 Å². The average Bonchev–Trinajstić information content (AvgIpc) is 3.21. The molecule has 1 aliphatic heterocycles. The topological polar surface area (TPSA) is 93.7 Å². The van der Waals surface area contributed by atoms with Crippen LogP contribution in [-0.2, 0) is 16.6 Å². The Kier molecular flexibility index (Phi) is 5.58. The lowest BCUT2D eigenvalue weighted by molar-refractivity contribution is 0.386. The number of rotatable bonds is 7. The molecular weight excluding hydrogens is 356 g/mol. The minimum atomic E-state index is -3.78. The zero-order chi connectivity index (χ0) is 18.6. The van der Waals surface area contributed by atoms with Crippen molar-refractivity contribution in [1.29, 1.82) is 0 Å². The molecule has 1 saturated heterocycles. The largest absolute Gasteiger partial charge is 0.497 e. The molecular formula is C17H22N4O4S. The van der Waals surface area contributed by atoms with Crippen LogP contribution in [0.4, 0.5) is 5.82 Å². The van der Waals surface area contributed by atoms with Crippen LogP contribution >= 0.6 is 0 Å². The van der Waals surface area contributed by atoms with E-state index in [-0.39, 0.29) is 17.2 Å². The summed E-state index contributed by atoms with van der Waals surface area (Å²) in [5.74, 6) is 1.98. The molecule has 0 bridgehead atoms. The van der Waals surface area contributed by atoms with Crippen molar-refractivity contribution in [3.05, 3.63) is 36.3 Å². The number of nitrogens with zero attached hydrogens (tertiary/aromatic N) is 3. The van der Waals surface area contributed by atoms with Crippen molar-refractivity contribution >= 4 is 15.8 Å². The first kappa shape index (κ1) is 18.4. The number of hydrogen-bond donors (Lipinski definition) is 1. The SMILES string of the molecule is COc1ccc(S(=O)(=O)NCc2nccc(N3CCCC3)n2)c(OC)c1. The van der Waals surface area contributed by atoms with E-state index >= 15 is 0 Å². The van der Waals surface area contributed by atoms with Gasteiger partial charge in [0.15, 0.2) is 0 Å². The number of sulfonamides is 1. The highest BCUT2D eigenvalue weighted by Crippen LogP contribution is 2.28. The molecule has 1 aliphatic rings. The second-order valence-corrected chi connectivity index (χ2v) is 7.60. The summed E-state index contributed by atoms with van der Waals surface area (Å²) < 4.78 is 38.1. The molecule has 140 valence electrons. The van der Waals surface area contributed by atoms with Gasteiger partial charge in [-0.25, -0.2) is 23.1 Å².